The van der Waals surface area contributed by atoms with E-state index < -0.39 is 0 Å². The first kappa shape index (κ1) is 22.4. The Morgan fingerprint density at radius 2 is 1.24 bits per heavy atom. The number of morpholine rings is 2. The van der Waals surface area contributed by atoms with Crippen LogP contribution in [-0.4, -0.2) is 58.5 Å². The number of benzene rings is 3. The van der Waals surface area contributed by atoms with Crippen LogP contribution in [0.15, 0.2) is 78.9 Å². The Hall–Kier alpha value is -3.35. The lowest BCUT2D eigenvalue weighted by atomic mass is 9.90. The Labute approximate surface area is 201 Å². The quantitative estimate of drug-likeness (QED) is 0.603. The molecule has 0 aromatic heterocycles. The van der Waals surface area contributed by atoms with Crippen molar-refractivity contribution in [1.82, 2.24) is 0 Å². The van der Waals surface area contributed by atoms with Crippen molar-refractivity contribution in [3.8, 4) is 0 Å². The maximum atomic E-state index is 13.8. The predicted molar refractivity (Wildman–Crippen MR) is 136 cm³/mol. The number of hydrogen-bond donors (Lipinski definition) is 1. The lowest BCUT2D eigenvalue weighted by Gasteiger charge is -2.34. The molecule has 0 radical (unpaired) electrons. The van der Waals surface area contributed by atoms with E-state index in [0.29, 0.717) is 13.2 Å². The van der Waals surface area contributed by atoms with Crippen molar-refractivity contribution < 1.29 is 14.3 Å². The fourth-order valence-electron chi connectivity index (χ4n) is 4.70. The number of rotatable bonds is 6. The summed E-state index contributed by atoms with van der Waals surface area (Å²) in [5, 5.41) is 3.27. The van der Waals surface area contributed by atoms with Crippen LogP contribution in [0.2, 0.25) is 0 Å². The van der Waals surface area contributed by atoms with Gasteiger partial charge in [0, 0.05) is 31.9 Å². The highest BCUT2D eigenvalue weighted by molar-refractivity contribution is 6.01. The number of ether oxygens (including phenoxy) is 2. The summed E-state index contributed by atoms with van der Waals surface area (Å²) in [6, 6.07) is 26.3. The summed E-state index contributed by atoms with van der Waals surface area (Å²) in [5.41, 5.74) is 4.99. The largest absolute Gasteiger partial charge is 0.378 e. The minimum Gasteiger partial charge on any atom is -0.378 e. The molecule has 34 heavy (non-hydrogen) atoms. The fraction of sp³-hybridized carbons (Fsp3) is 0.321. The molecule has 0 unspecified atom stereocenters. The molecule has 3 aromatic rings. The molecule has 2 saturated heterocycles. The summed E-state index contributed by atoms with van der Waals surface area (Å²) < 4.78 is 11.1. The van der Waals surface area contributed by atoms with Gasteiger partial charge in [0.1, 0.15) is 0 Å². The second-order valence-corrected chi connectivity index (χ2v) is 8.64. The molecule has 0 bridgehead atoms. The van der Waals surface area contributed by atoms with E-state index in [4.69, 9.17) is 9.47 Å². The molecule has 0 spiro atoms. The van der Waals surface area contributed by atoms with Crippen molar-refractivity contribution in [1.29, 1.82) is 0 Å². The summed E-state index contributed by atoms with van der Waals surface area (Å²) in [4.78, 5) is 18.4. The van der Waals surface area contributed by atoms with E-state index in [2.05, 4.69) is 27.2 Å². The van der Waals surface area contributed by atoms with Crippen LogP contribution in [-0.2, 0) is 14.3 Å². The highest BCUT2D eigenvalue weighted by Gasteiger charge is 2.25. The Balaban J connectivity index is 1.47. The molecule has 2 aliphatic rings. The number of hydrogen-bond acceptors (Lipinski definition) is 5. The standard InChI is InChI=1S/C28H31N3O3/c32-28(27(22-7-3-1-4-8-22)23-9-5-2-6-10-23)29-25-12-11-24(30-13-17-33-18-14-30)21-26(25)31-15-19-34-20-16-31/h1-12,21,27H,13-20H2,(H,29,32). The summed E-state index contributed by atoms with van der Waals surface area (Å²) in [6.07, 6.45) is 0. The van der Waals surface area contributed by atoms with Crippen molar-refractivity contribution in [2.24, 2.45) is 0 Å². The number of carbonyl (C=O) groups excluding carboxylic acids is 1. The smallest absolute Gasteiger partial charge is 0.236 e. The Bertz CT molecular complexity index is 1040. The van der Waals surface area contributed by atoms with E-state index in [0.717, 1.165) is 67.6 Å². The number of carbonyl (C=O) groups is 1. The SMILES string of the molecule is O=C(Nc1ccc(N2CCOCC2)cc1N1CCOCC1)C(c1ccccc1)c1ccccc1. The molecule has 5 rings (SSSR count). The predicted octanol–water partition coefficient (Wildman–Crippen LogP) is 4.13. The Morgan fingerprint density at radius 1 is 0.706 bits per heavy atom. The van der Waals surface area contributed by atoms with Gasteiger partial charge in [-0.15, -0.1) is 0 Å². The molecule has 0 saturated carbocycles. The van der Waals surface area contributed by atoms with Gasteiger partial charge in [0.25, 0.3) is 0 Å². The van der Waals surface area contributed by atoms with E-state index in [1.807, 2.05) is 66.7 Å². The molecule has 0 atom stereocenters. The van der Waals surface area contributed by atoms with E-state index in [9.17, 15) is 4.79 Å². The average Bonchev–Trinajstić information content (AvgIpc) is 2.91. The highest BCUT2D eigenvalue weighted by Crippen LogP contribution is 2.34. The van der Waals surface area contributed by atoms with Crippen molar-refractivity contribution in [3.05, 3.63) is 90.0 Å². The zero-order valence-electron chi connectivity index (χ0n) is 19.4. The third-order valence-corrected chi connectivity index (χ3v) is 6.50. The summed E-state index contributed by atoms with van der Waals surface area (Å²) in [6.45, 7) is 6.20. The van der Waals surface area contributed by atoms with E-state index in [1.54, 1.807) is 0 Å². The molecule has 0 aliphatic carbocycles. The number of amides is 1. The van der Waals surface area contributed by atoms with Crippen LogP contribution in [0.1, 0.15) is 17.0 Å². The van der Waals surface area contributed by atoms with Gasteiger partial charge in [-0.3, -0.25) is 4.79 Å². The van der Waals surface area contributed by atoms with Crippen molar-refractivity contribution in [2.45, 2.75) is 5.92 Å². The molecule has 176 valence electrons. The molecule has 3 aromatic carbocycles. The first-order valence-corrected chi connectivity index (χ1v) is 12.0. The monoisotopic (exact) mass is 457 g/mol. The average molecular weight is 458 g/mol. The zero-order valence-corrected chi connectivity index (χ0v) is 19.4. The van der Waals surface area contributed by atoms with Crippen LogP contribution >= 0.6 is 0 Å². The van der Waals surface area contributed by atoms with Gasteiger partial charge in [-0.2, -0.15) is 0 Å². The van der Waals surface area contributed by atoms with Crippen molar-refractivity contribution >= 4 is 23.0 Å². The number of nitrogens with one attached hydrogen (secondary N) is 1. The van der Waals surface area contributed by atoms with E-state index >= 15 is 0 Å². The first-order valence-electron chi connectivity index (χ1n) is 12.0. The van der Waals surface area contributed by atoms with Gasteiger partial charge in [-0.25, -0.2) is 0 Å². The molecule has 6 heteroatoms. The van der Waals surface area contributed by atoms with E-state index in [-0.39, 0.29) is 11.8 Å². The number of anilines is 3. The van der Waals surface area contributed by atoms with Crippen LogP contribution in [0.25, 0.3) is 0 Å². The molecular formula is C28H31N3O3. The molecule has 6 nitrogen and oxygen atoms in total. The molecule has 2 heterocycles. The molecular weight excluding hydrogens is 426 g/mol. The summed E-state index contributed by atoms with van der Waals surface area (Å²) >= 11 is 0. The normalized spacial score (nSPS) is 16.5. The van der Waals surface area contributed by atoms with Gasteiger partial charge in [0.05, 0.1) is 43.7 Å². The Morgan fingerprint density at radius 3 is 1.79 bits per heavy atom. The van der Waals surface area contributed by atoms with Crippen molar-refractivity contribution in [2.75, 3.05) is 67.7 Å². The number of nitrogens with zero attached hydrogens (tertiary/aromatic N) is 2. The molecule has 1 N–H and O–H groups in total. The van der Waals surface area contributed by atoms with Crippen LogP contribution in [0.4, 0.5) is 17.1 Å². The molecule has 2 fully saturated rings. The topological polar surface area (TPSA) is 54.0 Å². The van der Waals surface area contributed by atoms with Gasteiger partial charge >= 0.3 is 0 Å². The Kier molecular flexibility index (Phi) is 7.08. The maximum absolute atomic E-state index is 13.8. The zero-order chi connectivity index (χ0) is 23.2. The van der Waals surface area contributed by atoms with Gasteiger partial charge in [-0.1, -0.05) is 60.7 Å². The fourth-order valence-corrected chi connectivity index (χ4v) is 4.70. The van der Waals surface area contributed by atoms with Crippen LogP contribution < -0.4 is 15.1 Å². The van der Waals surface area contributed by atoms with Crippen LogP contribution in [0.5, 0.6) is 0 Å². The lowest BCUT2D eigenvalue weighted by Crippen LogP contribution is -2.38. The molecule has 1 amide bonds. The second-order valence-electron chi connectivity index (χ2n) is 8.64. The first-order chi connectivity index (χ1) is 16.8. The minimum atomic E-state index is -0.390. The second kappa shape index (κ2) is 10.7. The van der Waals surface area contributed by atoms with Crippen LogP contribution in [0, 0.1) is 0 Å². The minimum absolute atomic E-state index is 0.0361. The summed E-state index contributed by atoms with van der Waals surface area (Å²) in [5.74, 6) is -0.426. The van der Waals surface area contributed by atoms with Gasteiger partial charge in [0.15, 0.2) is 0 Å². The van der Waals surface area contributed by atoms with Crippen LogP contribution in [0.3, 0.4) is 0 Å². The van der Waals surface area contributed by atoms with Gasteiger partial charge in [-0.05, 0) is 29.3 Å². The third-order valence-electron chi connectivity index (χ3n) is 6.50. The summed E-state index contributed by atoms with van der Waals surface area (Å²) in [7, 11) is 0. The molecule has 2 aliphatic heterocycles. The van der Waals surface area contributed by atoms with Crippen molar-refractivity contribution in [3.63, 3.8) is 0 Å². The van der Waals surface area contributed by atoms with E-state index in [1.165, 1.54) is 0 Å². The van der Waals surface area contributed by atoms with Gasteiger partial charge < -0.3 is 24.6 Å². The maximum Gasteiger partial charge on any atom is 0.236 e. The van der Waals surface area contributed by atoms with Gasteiger partial charge in [0.2, 0.25) is 5.91 Å². The lowest BCUT2D eigenvalue weighted by molar-refractivity contribution is -0.116. The third kappa shape index (κ3) is 5.08. The highest BCUT2D eigenvalue weighted by atomic mass is 16.5.